The molecule has 10 heteroatoms. The third-order valence-electron chi connectivity index (χ3n) is 3.60. The lowest BCUT2D eigenvalue weighted by atomic mass is 10.2. The molecule has 1 atom stereocenters. The third kappa shape index (κ3) is 6.03. The van der Waals surface area contributed by atoms with Crippen molar-refractivity contribution in [1.29, 1.82) is 0 Å². The second-order valence-corrected chi connectivity index (χ2v) is 7.45. The van der Waals surface area contributed by atoms with Gasteiger partial charge in [-0.15, -0.1) is 6.42 Å². The Morgan fingerprint density at radius 2 is 1.79 bits per heavy atom. The number of hydrazine groups is 1. The first-order valence-corrected chi connectivity index (χ1v) is 9.77. The van der Waals surface area contributed by atoms with Crippen LogP contribution in [-0.4, -0.2) is 32.9 Å². The van der Waals surface area contributed by atoms with Crippen LogP contribution in [-0.2, 0) is 14.8 Å². The Morgan fingerprint density at radius 3 is 2.41 bits per heavy atom. The fourth-order valence-corrected chi connectivity index (χ4v) is 3.02. The minimum atomic E-state index is -3.78. The van der Waals surface area contributed by atoms with Crippen LogP contribution in [0, 0.1) is 18.2 Å². The topological polar surface area (TPSA) is 114 Å². The van der Waals surface area contributed by atoms with Crippen molar-refractivity contribution in [3.8, 4) is 18.1 Å². The van der Waals surface area contributed by atoms with E-state index in [1.54, 1.807) is 6.07 Å². The maximum Gasteiger partial charge on any atom is 0.279 e. The molecule has 0 aliphatic rings. The van der Waals surface area contributed by atoms with E-state index in [0.29, 0.717) is 0 Å². The van der Waals surface area contributed by atoms with Crippen LogP contribution < -0.4 is 20.3 Å². The molecule has 0 heterocycles. The van der Waals surface area contributed by atoms with Gasteiger partial charge in [-0.1, -0.05) is 18.1 Å². The molecule has 2 rings (SSSR count). The number of para-hydroxylation sites is 1. The Hall–Kier alpha value is -3.42. The van der Waals surface area contributed by atoms with Crippen LogP contribution in [0.15, 0.2) is 53.4 Å². The number of hydrogen-bond donors (Lipinski definition) is 3. The van der Waals surface area contributed by atoms with Gasteiger partial charge in [-0.3, -0.25) is 20.4 Å². The van der Waals surface area contributed by atoms with Gasteiger partial charge in [-0.05, 0) is 43.3 Å². The predicted octanol–water partition coefficient (Wildman–Crippen LogP) is 0.966. The summed E-state index contributed by atoms with van der Waals surface area (Å²) in [6, 6.07) is 10.6. The number of amides is 2. The number of ether oxygens (including phenoxy) is 1. The predicted molar refractivity (Wildman–Crippen MR) is 103 cm³/mol. The number of halogens is 1. The van der Waals surface area contributed by atoms with Gasteiger partial charge in [0.2, 0.25) is 10.0 Å². The number of carbonyl (C=O) groups excluding carboxylic acids is 2. The molecule has 1 unspecified atom stereocenters. The van der Waals surface area contributed by atoms with Crippen molar-refractivity contribution in [2.24, 2.45) is 0 Å². The van der Waals surface area contributed by atoms with Crippen LogP contribution in [0.25, 0.3) is 0 Å². The highest BCUT2D eigenvalue weighted by Gasteiger charge is 2.18. The molecule has 2 amide bonds. The van der Waals surface area contributed by atoms with Crippen LogP contribution in [0.3, 0.4) is 0 Å². The van der Waals surface area contributed by atoms with Gasteiger partial charge in [0, 0.05) is 5.56 Å². The van der Waals surface area contributed by atoms with Gasteiger partial charge in [0.05, 0.1) is 11.4 Å². The molecule has 2 aromatic carbocycles. The Morgan fingerprint density at radius 1 is 1.14 bits per heavy atom. The fraction of sp³-hybridized carbons (Fsp3) is 0.158. The van der Waals surface area contributed by atoms with Gasteiger partial charge in [0.15, 0.2) is 17.7 Å². The number of terminal acetylenes is 1. The molecule has 3 N–H and O–H groups in total. The summed E-state index contributed by atoms with van der Waals surface area (Å²) in [5.74, 6) is 0.0373. The molecule has 0 aliphatic carbocycles. The minimum absolute atomic E-state index is 0.0692. The first kappa shape index (κ1) is 21.9. The summed E-state index contributed by atoms with van der Waals surface area (Å²) in [6.07, 6.45) is 3.93. The number of carbonyl (C=O) groups is 2. The third-order valence-corrected chi connectivity index (χ3v) is 5.02. The minimum Gasteiger partial charge on any atom is -0.478 e. The van der Waals surface area contributed by atoms with E-state index in [0.717, 1.165) is 0 Å². The summed E-state index contributed by atoms with van der Waals surface area (Å²) in [5, 5.41) is 0. The van der Waals surface area contributed by atoms with Crippen molar-refractivity contribution < 1.29 is 27.1 Å². The molecular weight excluding hydrogens is 401 g/mol. The van der Waals surface area contributed by atoms with E-state index in [1.807, 2.05) is 0 Å². The van der Waals surface area contributed by atoms with E-state index in [-0.39, 0.29) is 22.8 Å². The molecule has 0 radical (unpaired) electrons. The molecule has 8 nitrogen and oxygen atoms in total. The van der Waals surface area contributed by atoms with Crippen molar-refractivity contribution in [3.05, 3.63) is 59.9 Å². The summed E-state index contributed by atoms with van der Waals surface area (Å²) < 4.78 is 44.8. The molecule has 2 aromatic rings. The van der Waals surface area contributed by atoms with Gasteiger partial charge < -0.3 is 4.74 Å². The highest BCUT2D eigenvalue weighted by atomic mass is 32.2. The number of rotatable bonds is 7. The lowest BCUT2D eigenvalue weighted by molar-refractivity contribution is -0.128. The molecule has 152 valence electrons. The Bertz CT molecular complexity index is 1030. The second kappa shape index (κ2) is 9.68. The monoisotopic (exact) mass is 419 g/mol. The molecule has 0 aliphatic heterocycles. The zero-order valence-corrected chi connectivity index (χ0v) is 16.1. The highest BCUT2D eigenvalue weighted by molar-refractivity contribution is 7.89. The largest absolute Gasteiger partial charge is 0.478 e. The lowest BCUT2D eigenvalue weighted by Gasteiger charge is -2.15. The van der Waals surface area contributed by atoms with Crippen molar-refractivity contribution in [1.82, 2.24) is 15.6 Å². The van der Waals surface area contributed by atoms with Crippen molar-refractivity contribution in [3.63, 3.8) is 0 Å². The zero-order chi connectivity index (χ0) is 21.4. The number of sulfonamides is 1. The average Bonchev–Trinajstić information content (AvgIpc) is 2.72. The van der Waals surface area contributed by atoms with Gasteiger partial charge in [-0.2, -0.15) is 4.72 Å². The van der Waals surface area contributed by atoms with Crippen LogP contribution in [0.4, 0.5) is 4.39 Å². The van der Waals surface area contributed by atoms with Gasteiger partial charge >= 0.3 is 0 Å². The zero-order valence-electron chi connectivity index (χ0n) is 15.3. The van der Waals surface area contributed by atoms with E-state index < -0.39 is 33.8 Å². The maximum atomic E-state index is 13.6. The first-order valence-electron chi connectivity index (χ1n) is 8.29. The molecule has 0 saturated carbocycles. The smallest absolute Gasteiger partial charge is 0.279 e. The summed E-state index contributed by atoms with van der Waals surface area (Å²) in [5.41, 5.74) is 4.42. The van der Waals surface area contributed by atoms with Crippen molar-refractivity contribution in [2.45, 2.75) is 17.9 Å². The maximum absolute atomic E-state index is 13.6. The number of nitrogens with one attached hydrogen (secondary N) is 3. The van der Waals surface area contributed by atoms with Crippen molar-refractivity contribution in [2.75, 3.05) is 6.54 Å². The fourth-order valence-electron chi connectivity index (χ4n) is 2.08. The number of benzene rings is 2. The Balaban J connectivity index is 1.92. The molecule has 0 saturated heterocycles. The molecule has 0 fully saturated rings. The van der Waals surface area contributed by atoms with Gasteiger partial charge in [0.1, 0.15) is 0 Å². The van der Waals surface area contributed by atoms with E-state index in [1.165, 1.54) is 49.4 Å². The molecular formula is C19H18FN3O5S. The highest BCUT2D eigenvalue weighted by Crippen LogP contribution is 2.17. The van der Waals surface area contributed by atoms with Gasteiger partial charge in [0.25, 0.3) is 11.8 Å². The van der Waals surface area contributed by atoms with E-state index in [9.17, 15) is 22.4 Å². The summed E-state index contributed by atoms with van der Waals surface area (Å²) in [6.45, 7) is 1.22. The summed E-state index contributed by atoms with van der Waals surface area (Å²) >= 11 is 0. The van der Waals surface area contributed by atoms with Crippen molar-refractivity contribution >= 4 is 21.8 Å². The van der Waals surface area contributed by atoms with Gasteiger partial charge in [-0.25, -0.2) is 12.8 Å². The molecule has 0 bridgehead atoms. The number of hydrogen-bond acceptors (Lipinski definition) is 5. The van der Waals surface area contributed by atoms with Crippen LogP contribution in [0.2, 0.25) is 0 Å². The molecule has 29 heavy (non-hydrogen) atoms. The van der Waals surface area contributed by atoms with Crippen LogP contribution >= 0.6 is 0 Å². The summed E-state index contributed by atoms with van der Waals surface area (Å²) in [4.78, 5) is 24.0. The quantitative estimate of drug-likeness (QED) is 0.457. The first-order chi connectivity index (χ1) is 13.7. The average molecular weight is 419 g/mol. The molecule has 0 aromatic heterocycles. The van der Waals surface area contributed by atoms with E-state index >= 15 is 0 Å². The SMILES string of the molecule is C#CCNS(=O)(=O)c1ccc(C(=O)NNC(=O)C(C)Oc2ccccc2F)cc1. The second-order valence-electron chi connectivity index (χ2n) is 5.69. The molecule has 0 spiro atoms. The van der Waals surface area contributed by atoms with E-state index in [4.69, 9.17) is 11.2 Å². The van der Waals surface area contributed by atoms with E-state index in [2.05, 4.69) is 21.5 Å². The Labute approximate surface area is 167 Å². The normalized spacial score (nSPS) is 11.8. The van der Waals surface area contributed by atoms with Crippen LogP contribution in [0.1, 0.15) is 17.3 Å². The lowest BCUT2D eigenvalue weighted by Crippen LogP contribution is -2.47. The standard InChI is InChI=1S/C19H18FN3O5S/c1-3-12-21-29(26,27)15-10-8-14(9-11-15)19(25)23-22-18(24)13(2)28-17-7-5-4-6-16(17)20/h1,4-11,13,21H,12H2,2H3,(H,22,24)(H,23,25). The summed E-state index contributed by atoms with van der Waals surface area (Å²) in [7, 11) is -3.78. The Kier molecular flexibility index (Phi) is 7.30. The van der Waals surface area contributed by atoms with Crippen LogP contribution in [0.5, 0.6) is 5.75 Å².